The largest absolute Gasteiger partial charge is 0.460 e. The van der Waals surface area contributed by atoms with Gasteiger partial charge in [-0.3, -0.25) is 24.4 Å². The van der Waals surface area contributed by atoms with Crippen LogP contribution in [-0.4, -0.2) is 110 Å². The molecule has 3 heterocycles. The van der Waals surface area contributed by atoms with E-state index in [1.54, 1.807) is 81.1 Å². The van der Waals surface area contributed by atoms with E-state index in [0.29, 0.717) is 53.2 Å². The van der Waals surface area contributed by atoms with Gasteiger partial charge in [0.1, 0.15) is 29.0 Å². The van der Waals surface area contributed by atoms with Crippen LogP contribution >= 0.6 is 23.2 Å². The number of aliphatic hydroxyl groups is 1. The van der Waals surface area contributed by atoms with Crippen molar-refractivity contribution in [2.45, 2.75) is 96.1 Å². The van der Waals surface area contributed by atoms with E-state index in [2.05, 4.69) is 30.4 Å². The lowest BCUT2D eigenvalue weighted by Crippen LogP contribution is -2.65. The van der Waals surface area contributed by atoms with E-state index in [1.807, 2.05) is 63.7 Å². The van der Waals surface area contributed by atoms with Crippen molar-refractivity contribution in [1.29, 1.82) is 0 Å². The molecule has 16 nitrogen and oxygen atoms in total. The van der Waals surface area contributed by atoms with E-state index in [-0.39, 0.29) is 38.3 Å². The molecule has 0 unspecified atom stereocenters. The summed E-state index contributed by atoms with van der Waals surface area (Å²) in [5.41, 5.74) is 2.08. The topological polar surface area (TPSA) is 191 Å². The molecule has 1 fully saturated rings. The predicted octanol–water partition coefficient (Wildman–Crippen LogP) is 6.04. The van der Waals surface area contributed by atoms with Gasteiger partial charge in [-0.15, -0.1) is 0 Å². The van der Waals surface area contributed by atoms with Gasteiger partial charge in [0, 0.05) is 71.1 Å². The number of benzene rings is 3. The first-order valence-corrected chi connectivity index (χ1v) is 24.1. The third kappa shape index (κ3) is 14.7. The Hall–Kier alpha value is -6.04. The quantitative estimate of drug-likeness (QED) is 0.0347. The van der Waals surface area contributed by atoms with Crippen LogP contribution in [-0.2, 0) is 56.9 Å². The zero-order valence-corrected chi connectivity index (χ0v) is 42.4. The zero-order valence-electron chi connectivity index (χ0n) is 40.9. The lowest BCUT2D eigenvalue weighted by Gasteiger charge is -2.45. The van der Waals surface area contributed by atoms with E-state index < -0.39 is 53.5 Å². The van der Waals surface area contributed by atoms with E-state index in [1.165, 1.54) is 6.20 Å². The minimum atomic E-state index is -1.34. The molecule has 3 aromatic carbocycles. The minimum absolute atomic E-state index is 0.0409. The van der Waals surface area contributed by atoms with Crippen molar-refractivity contribution in [3.8, 4) is 22.8 Å². The molecule has 374 valence electrons. The number of imidazole rings is 1. The van der Waals surface area contributed by atoms with Crippen LogP contribution in [0.25, 0.3) is 11.3 Å². The number of carbonyl (C=O) groups is 4. The van der Waals surface area contributed by atoms with Crippen LogP contribution in [0.1, 0.15) is 69.6 Å². The lowest BCUT2D eigenvalue weighted by atomic mass is 9.82. The van der Waals surface area contributed by atoms with Crippen LogP contribution in [0.3, 0.4) is 0 Å². The molecular weight excluding hydrogens is 936 g/mol. The van der Waals surface area contributed by atoms with Gasteiger partial charge in [0.15, 0.2) is 0 Å². The van der Waals surface area contributed by atoms with E-state index >= 15 is 0 Å². The number of nitrogens with zero attached hydrogens (tertiary/aromatic N) is 5. The first-order valence-electron chi connectivity index (χ1n) is 23.3. The normalized spacial score (nSPS) is 16.3. The van der Waals surface area contributed by atoms with Gasteiger partial charge in [-0.25, -0.2) is 4.98 Å². The summed E-state index contributed by atoms with van der Waals surface area (Å²) in [7, 11) is 5.99. The highest BCUT2D eigenvalue weighted by molar-refractivity contribution is 6.31. The number of hydrogen-bond donors (Lipinski definition) is 5. The molecular formula is C52H65Cl2N8O8+. The average Bonchev–Trinajstić information content (AvgIpc) is 3.66. The number of halogens is 2. The molecule has 0 saturated carbocycles. The second kappa shape index (κ2) is 23.7. The Morgan fingerprint density at radius 1 is 0.971 bits per heavy atom. The maximum absolute atomic E-state index is 14.6. The number of piperidine rings is 1. The van der Waals surface area contributed by atoms with Gasteiger partial charge >= 0.3 is 5.97 Å². The van der Waals surface area contributed by atoms with E-state index in [9.17, 15) is 29.5 Å². The molecule has 1 aliphatic rings. The molecule has 6 rings (SSSR count). The van der Waals surface area contributed by atoms with E-state index in [4.69, 9.17) is 32.7 Å². The van der Waals surface area contributed by atoms with Crippen molar-refractivity contribution in [3.63, 3.8) is 0 Å². The Balaban J connectivity index is 1.13. The summed E-state index contributed by atoms with van der Waals surface area (Å²) < 4.78 is 14.9. The van der Waals surface area contributed by atoms with Gasteiger partial charge < -0.3 is 44.9 Å². The lowest BCUT2D eigenvalue weighted by molar-refractivity contribution is -0.909. The van der Waals surface area contributed by atoms with Crippen LogP contribution in [0, 0.1) is 5.92 Å². The predicted molar refractivity (Wildman–Crippen MR) is 266 cm³/mol. The van der Waals surface area contributed by atoms with Gasteiger partial charge in [-0.05, 0) is 121 Å². The van der Waals surface area contributed by atoms with Crippen molar-refractivity contribution >= 4 is 46.9 Å². The Labute approximate surface area is 419 Å². The third-order valence-corrected chi connectivity index (χ3v) is 12.5. The van der Waals surface area contributed by atoms with Crippen molar-refractivity contribution in [1.82, 2.24) is 35.3 Å². The highest BCUT2D eigenvalue weighted by Crippen LogP contribution is 2.32. The summed E-state index contributed by atoms with van der Waals surface area (Å²) in [6.45, 7) is 7.50. The highest BCUT2D eigenvalue weighted by atomic mass is 35.5. The van der Waals surface area contributed by atoms with Gasteiger partial charge in [0.25, 0.3) is 0 Å². The molecule has 4 atom stereocenters. The number of hydrogen-bond acceptors (Lipinski definition) is 11. The van der Waals surface area contributed by atoms with Gasteiger partial charge in [-0.1, -0.05) is 41.4 Å². The average molecular weight is 1000 g/mol. The SMILES string of the molecule is C[C@H](NCc1ccc(Cl)cc1Oc1ccc(-c2cnc(CN(C)C)n2C)cc1)C(=O)N[C@@H](CO)C(=O)N[C@@]1(Cc2ccc(Cl)cc2)CCCN(C(=O)[C@@H](CC(=O)OC(C)(C)C)Cc2cccc[n+]2O)C1. The fourth-order valence-electron chi connectivity index (χ4n) is 8.51. The van der Waals surface area contributed by atoms with Crippen LogP contribution < -0.4 is 25.4 Å². The number of aromatic nitrogens is 3. The van der Waals surface area contributed by atoms with E-state index in [0.717, 1.165) is 32.9 Å². The van der Waals surface area contributed by atoms with Crippen LogP contribution in [0.15, 0.2) is 97.3 Å². The van der Waals surface area contributed by atoms with Crippen molar-refractivity contribution in [2.75, 3.05) is 33.8 Å². The molecule has 0 radical (unpaired) electrons. The highest BCUT2D eigenvalue weighted by Gasteiger charge is 2.42. The molecule has 3 amide bonds. The first-order chi connectivity index (χ1) is 33.2. The molecule has 5 aromatic rings. The van der Waals surface area contributed by atoms with Crippen LogP contribution in [0.2, 0.25) is 10.0 Å². The van der Waals surface area contributed by atoms with Gasteiger partial charge in [0.05, 0.1) is 49.0 Å². The fraction of sp³-hybridized carbons (Fsp3) is 0.423. The number of carbonyl (C=O) groups excluding carboxylic acids is 4. The number of esters is 1. The molecule has 0 spiro atoms. The second-order valence-electron chi connectivity index (χ2n) is 19.2. The molecule has 1 saturated heterocycles. The van der Waals surface area contributed by atoms with Gasteiger partial charge in [-0.2, -0.15) is 0 Å². The number of aliphatic hydroxyl groups excluding tert-OH is 1. The Kier molecular flexibility index (Phi) is 18.1. The molecule has 2 aromatic heterocycles. The summed E-state index contributed by atoms with van der Waals surface area (Å²) in [4.78, 5) is 64.0. The number of ether oxygens (including phenoxy) is 2. The van der Waals surface area contributed by atoms with Crippen molar-refractivity contribution in [2.24, 2.45) is 13.0 Å². The van der Waals surface area contributed by atoms with Crippen LogP contribution in [0.4, 0.5) is 0 Å². The van der Waals surface area contributed by atoms with Crippen molar-refractivity contribution < 1.29 is 43.7 Å². The Morgan fingerprint density at radius 3 is 2.36 bits per heavy atom. The summed E-state index contributed by atoms with van der Waals surface area (Å²) >= 11 is 12.7. The second-order valence-corrected chi connectivity index (χ2v) is 20.1. The maximum Gasteiger partial charge on any atom is 0.307 e. The molecule has 18 heteroatoms. The number of rotatable bonds is 20. The number of pyridine rings is 1. The first kappa shape index (κ1) is 53.3. The summed E-state index contributed by atoms with van der Waals surface area (Å²) in [5, 5.41) is 31.2. The number of amides is 3. The number of likely N-dealkylation sites (tertiary alicyclic amines) is 1. The molecule has 1 aliphatic heterocycles. The summed E-state index contributed by atoms with van der Waals surface area (Å²) in [6, 6.07) is 22.9. The van der Waals surface area contributed by atoms with Gasteiger partial charge in [0.2, 0.25) is 29.6 Å². The summed E-state index contributed by atoms with van der Waals surface area (Å²) in [5.74, 6) is -0.979. The molecule has 5 N–H and O–H groups in total. The molecule has 0 bridgehead atoms. The smallest absolute Gasteiger partial charge is 0.307 e. The fourth-order valence-corrected chi connectivity index (χ4v) is 8.80. The maximum atomic E-state index is 14.6. The number of nitrogens with one attached hydrogen (secondary N) is 3. The Morgan fingerprint density at radius 2 is 1.69 bits per heavy atom. The molecule has 70 heavy (non-hydrogen) atoms. The van der Waals surface area contributed by atoms with Crippen LogP contribution in [0.5, 0.6) is 11.5 Å². The third-order valence-electron chi connectivity index (χ3n) is 12.0. The van der Waals surface area contributed by atoms with Crippen molar-refractivity contribution in [3.05, 3.63) is 130 Å². The summed E-state index contributed by atoms with van der Waals surface area (Å²) in [6.07, 6.45) is 4.33. The zero-order chi connectivity index (χ0) is 50.8. The minimum Gasteiger partial charge on any atom is -0.460 e. The standard InChI is InChI=1S/C52H64Cl2N8O8/c1-34(55-29-37-14-19-40(54)27-45(37)69-42-20-15-36(16-21-42)44-30-56-46(60(44)7)31-59(5)6)48(65)57-43(32-63)49(66)58-52(28-35-12-17-39(53)18-13-35)22-10-23-61(33-52)50(67)38(26-47(64)70-51(2,3)4)25-41-11-8-9-24-62(41)68/h8-9,11-21,24,27,30,34,38,43,55,63H,10,22-23,25-26,28-29,31-33H2,1-7H3,(H2-,57,58,65,66,68)/p+1/t34-,38+,43-,52+/m0/s1. The monoisotopic (exact) mass is 999 g/mol. The Bertz CT molecular complexity index is 2600. The molecule has 0 aliphatic carbocycles.